The van der Waals surface area contributed by atoms with E-state index in [9.17, 15) is 14.7 Å². The van der Waals surface area contributed by atoms with Crippen molar-refractivity contribution in [2.45, 2.75) is 25.0 Å². The zero-order valence-corrected chi connectivity index (χ0v) is 13.1. The third kappa shape index (κ3) is 3.74. The first-order valence-corrected chi connectivity index (χ1v) is 7.30. The number of amides is 1. The van der Waals surface area contributed by atoms with Crippen LogP contribution >= 0.6 is 15.9 Å². The maximum absolute atomic E-state index is 12.0. The first-order valence-electron chi connectivity index (χ1n) is 6.51. The zero-order valence-electron chi connectivity index (χ0n) is 11.5. The third-order valence-corrected chi connectivity index (χ3v) is 3.88. The van der Waals surface area contributed by atoms with E-state index in [1.165, 1.54) is 7.11 Å². The van der Waals surface area contributed by atoms with Crippen molar-refractivity contribution in [2.75, 3.05) is 13.7 Å². The van der Waals surface area contributed by atoms with Gasteiger partial charge in [0, 0.05) is 6.61 Å². The van der Waals surface area contributed by atoms with Crippen LogP contribution in [0.3, 0.4) is 0 Å². The summed E-state index contributed by atoms with van der Waals surface area (Å²) in [6.07, 6.45) is 0.863. The third-order valence-electron chi connectivity index (χ3n) is 3.26. The van der Waals surface area contributed by atoms with Crippen LogP contribution in [0.15, 0.2) is 22.7 Å². The van der Waals surface area contributed by atoms with Gasteiger partial charge in [-0.25, -0.2) is 4.79 Å². The fourth-order valence-corrected chi connectivity index (χ4v) is 2.73. The van der Waals surface area contributed by atoms with Crippen LogP contribution in [-0.2, 0) is 14.3 Å². The molecule has 1 aromatic carbocycles. The van der Waals surface area contributed by atoms with E-state index in [1.807, 2.05) is 0 Å². The van der Waals surface area contributed by atoms with E-state index < -0.39 is 24.0 Å². The summed E-state index contributed by atoms with van der Waals surface area (Å²) in [6, 6.07) is 3.75. The van der Waals surface area contributed by atoms with E-state index in [0.717, 1.165) is 6.42 Å². The van der Waals surface area contributed by atoms with Gasteiger partial charge in [-0.2, -0.15) is 0 Å². The number of halogens is 1. The second-order valence-corrected chi connectivity index (χ2v) is 5.53. The number of rotatable bonds is 5. The molecule has 0 radical (unpaired) electrons. The molecule has 1 aliphatic heterocycles. The highest BCUT2D eigenvalue weighted by Gasteiger charge is 2.29. The van der Waals surface area contributed by atoms with Crippen molar-refractivity contribution < 1.29 is 24.2 Å². The second kappa shape index (κ2) is 6.91. The fraction of sp³-hybridized carbons (Fsp3) is 0.429. The highest BCUT2D eigenvalue weighted by atomic mass is 79.9. The second-order valence-electron chi connectivity index (χ2n) is 4.68. The van der Waals surface area contributed by atoms with Gasteiger partial charge in [0.05, 0.1) is 11.6 Å². The molecule has 21 heavy (non-hydrogen) atoms. The standard InChI is InChI=1S/C14H16BrNO5/c1-20-10-5-4-8(7-9(10)15)12(14(18)19)16-13(17)11-3-2-6-21-11/h4-5,7,11-12H,2-3,6H2,1H3,(H,16,17)(H,18,19)/t11-,12?/m0/s1. The summed E-state index contributed by atoms with van der Waals surface area (Å²) < 4.78 is 11.0. The van der Waals surface area contributed by atoms with Gasteiger partial charge in [-0.15, -0.1) is 0 Å². The smallest absolute Gasteiger partial charge is 0.330 e. The van der Waals surface area contributed by atoms with Crippen LogP contribution in [0.2, 0.25) is 0 Å². The quantitative estimate of drug-likeness (QED) is 0.840. The van der Waals surface area contributed by atoms with Gasteiger partial charge in [-0.1, -0.05) is 6.07 Å². The number of carbonyl (C=O) groups excluding carboxylic acids is 1. The average molecular weight is 358 g/mol. The molecule has 1 unspecified atom stereocenters. The molecule has 7 heteroatoms. The molecular weight excluding hydrogens is 342 g/mol. The van der Waals surface area contributed by atoms with Crippen molar-refractivity contribution in [3.63, 3.8) is 0 Å². The Morgan fingerprint density at radius 1 is 1.52 bits per heavy atom. The van der Waals surface area contributed by atoms with E-state index in [-0.39, 0.29) is 0 Å². The highest BCUT2D eigenvalue weighted by Crippen LogP contribution is 2.28. The van der Waals surface area contributed by atoms with E-state index in [1.54, 1.807) is 18.2 Å². The number of hydrogen-bond acceptors (Lipinski definition) is 4. The zero-order chi connectivity index (χ0) is 15.4. The minimum absolute atomic E-state index is 0.396. The van der Waals surface area contributed by atoms with E-state index >= 15 is 0 Å². The van der Waals surface area contributed by atoms with Crippen LogP contribution in [0, 0.1) is 0 Å². The lowest BCUT2D eigenvalue weighted by atomic mass is 10.1. The minimum atomic E-state index is -1.13. The van der Waals surface area contributed by atoms with Crippen molar-refractivity contribution in [1.29, 1.82) is 0 Å². The van der Waals surface area contributed by atoms with Gasteiger partial charge < -0.3 is 19.9 Å². The number of carbonyl (C=O) groups is 2. The lowest BCUT2D eigenvalue weighted by Gasteiger charge is -2.18. The number of benzene rings is 1. The summed E-state index contributed by atoms with van der Waals surface area (Å²) in [5, 5.41) is 11.8. The predicted octanol–water partition coefficient (Wildman–Crippen LogP) is 1.88. The normalized spacial score (nSPS) is 19.0. The fourth-order valence-electron chi connectivity index (χ4n) is 2.17. The summed E-state index contributed by atoms with van der Waals surface area (Å²) >= 11 is 3.30. The van der Waals surface area contributed by atoms with Gasteiger partial charge in [0.15, 0.2) is 6.04 Å². The SMILES string of the molecule is COc1ccc(C(NC(=O)[C@@H]2CCCO2)C(=O)O)cc1Br. The Morgan fingerprint density at radius 2 is 2.29 bits per heavy atom. The number of nitrogens with one attached hydrogen (secondary N) is 1. The van der Waals surface area contributed by atoms with Gasteiger partial charge in [-0.3, -0.25) is 4.79 Å². The molecule has 2 N–H and O–H groups in total. The minimum Gasteiger partial charge on any atom is -0.496 e. The topological polar surface area (TPSA) is 84.9 Å². The molecule has 2 rings (SSSR count). The molecule has 2 atom stereocenters. The van der Waals surface area contributed by atoms with Gasteiger partial charge in [-0.05, 0) is 46.5 Å². The van der Waals surface area contributed by atoms with Crippen molar-refractivity contribution >= 4 is 27.8 Å². The van der Waals surface area contributed by atoms with Gasteiger partial charge in [0.1, 0.15) is 11.9 Å². The maximum atomic E-state index is 12.0. The van der Waals surface area contributed by atoms with Gasteiger partial charge in [0.25, 0.3) is 0 Å². The van der Waals surface area contributed by atoms with Crippen molar-refractivity contribution in [3.8, 4) is 5.75 Å². The van der Waals surface area contributed by atoms with Crippen LogP contribution in [0.4, 0.5) is 0 Å². The number of carboxylic acids is 1. The summed E-state index contributed by atoms with van der Waals surface area (Å²) in [5.74, 6) is -0.932. The lowest BCUT2D eigenvalue weighted by molar-refractivity contribution is -0.143. The Labute approximate surface area is 130 Å². The number of hydrogen-bond donors (Lipinski definition) is 2. The molecule has 1 heterocycles. The van der Waals surface area contributed by atoms with Gasteiger partial charge >= 0.3 is 5.97 Å². The van der Waals surface area contributed by atoms with Crippen LogP contribution in [0.25, 0.3) is 0 Å². The Bertz CT molecular complexity index is 542. The van der Waals surface area contributed by atoms with Crippen LogP contribution < -0.4 is 10.1 Å². The molecule has 0 aromatic heterocycles. The number of carboxylic acid groups (broad SMARTS) is 1. The molecular formula is C14H16BrNO5. The lowest BCUT2D eigenvalue weighted by Crippen LogP contribution is -2.40. The van der Waals surface area contributed by atoms with E-state index in [4.69, 9.17) is 9.47 Å². The molecule has 1 saturated heterocycles. The van der Waals surface area contributed by atoms with Crippen molar-refractivity contribution in [1.82, 2.24) is 5.32 Å². The first-order chi connectivity index (χ1) is 10.0. The van der Waals surface area contributed by atoms with E-state index in [2.05, 4.69) is 21.2 Å². The molecule has 6 nitrogen and oxygen atoms in total. The molecule has 1 amide bonds. The molecule has 1 aliphatic rings. The molecule has 0 aliphatic carbocycles. The Balaban J connectivity index is 2.16. The monoisotopic (exact) mass is 357 g/mol. The molecule has 0 bridgehead atoms. The molecule has 0 spiro atoms. The van der Waals surface area contributed by atoms with Crippen LogP contribution in [-0.4, -0.2) is 36.8 Å². The van der Waals surface area contributed by atoms with Crippen molar-refractivity contribution in [2.24, 2.45) is 0 Å². The van der Waals surface area contributed by atoms with Crippen LogP contribution in [0.1, 0.15) is 24.4 Å². The Morgan fingerprint density at radius 3 is 2.81 bits per heavy atom. The average Bonchev–Trinajstić information content (AvgIpc) is 2.98. The van der Waals surface area contributed by atoms with Gasteiger partial charge in [0.2, 0.25) is 5.91 Å². The summed E-state index contributed by atoms with van der Waals surface area (Å²) in [5.41, 5.74) is 0.460. The van der Waals surface area contributed by atoms with Crippen molar-refractivity contribution in [3.05, 3.63) is 28.2 Å². The van der Waals surface area contributed by atoms with E-state index in [0.29, 0.717) is 28.8 Å². The van der Waals surface area contributed by atoms with Crippen LogP contribution in [0.5, 0.6) is 5.75 Å². The first kappa shape index (κ1) is 15.8. The maximum Gasteiger partial charge on any atom is 0.330 e. The summed E-state index contributed by atoms with van der Waals surface area (Å²) in [7, 11) is 1.52. The summed E-state index contributed by atoms with van der Waals surface area (Å²) in [4.78, 5) is 23.4. The Kier molecular flexibility index (Phi) is 5.19. The highest BCUT2D eigenvalue weighted by molar-refractivity contribution is 9.10. The molecule has 1 aromatic rings. The number of aliphatic carboxylic acids is 1. The Hall–Kier alpha value is -1.60. The molecule has 114 valence electrons. The number of ether oxygens (including phenoxy) is 2. The molecule has 0 saturated carbocycles. The number of methoxy groups -OCH3 is 1. The predicted molar refractivity (Wildman–Crippen MR) is 78.2 cm³/mol. The summed E-state index contributed by atoms with van der Waals surface area (Å²) in [6.45, 7) is 0.532. The molecule has 1 fully saturated rings. The largest absolute Gasteiger partial charge is 0.496 e.